The zero-order chi connectivity index (χ0) is 11.6. The van der Waals surface area contributed by atoms with Gasteiger partial charge in [0.05, 0.1) is 0 Å². The van der Waals surface area contributed by atoms with E-state index in [1.54, 1.807) is 4.90 Å². The van der Waals surface area contributed by atoms with Crippen LogP contribution in [0.2, 0.25) is 0 Å². The minimum atomic E-state index is -0.274. The second kappa shape index (κ2) is 4.62. The van der Waals surface area contributed by atoms with E-state index in [9.17, 15) is 4.79 Å². The van der Waals surface area contributed by atoms with Crippen molar-refractivity contribution in [1.29, 1.82) is 0 Å². The van der Waals surface area contributed by atoms with Crippen molar-refractivity contribution >= 4 is 6.03 Å². The Labute approximate surface area is 97.6 Å². The van der Waals surface area contributed by atoms with E-state index in [0.29, 0.717) is 11.5 Å². The van der Waals surface area contributed by atoms with Gasteiger partial charge in [0.2, 0.25) is 0 Å². The summed E-state index contributed by atoms with van der Waals surface area (Å²) in [6, 6.07) is 0.303. The van der Waals surface area contributed by atoms with Gasteiger partial charge in [0.25, 0.3) is 0 Å². The Kier molecular flexibility index (Phi) is 3.38. The Balaban J connectivity index is 1.67. The van der Waals surface area contributed by atoms with Gasteiger partial charge in [0.1, 0.15) is 0 Å². The van der Waals surface area contributed by atoms with Crippen LogP contribution in [0.3, 0.4) is 0 Å². The number of amides is 2. The minimum absolute atomic E-state index is 0.274. The lowest BCUT2D eigenvalue weighted by atomic mass is 9.70. The Morgan fingerprint density at radius 3 is 2.50 bits per heavy atom. The Morgan fingerprint density at radius 1 is 1.44 bits per heavy atom. The number of likely N-dealkylation sites (tertiary alicyclic amines) is 1. The number of hydrogen-bond acceptors (Lipinski definition) is 2. The zero-order valence-corrected chi connectivity index (χ0v) is 10.2. The fraction of sp³-hybridized carbons (Fsp3) is 0.917. The van der Waals surface area contributed by atoms with E-state index in [0.717, 1.165) is 32.5 Å². The lowest BCUT2D eigenvalue weighted by Gasteiger charge is -2.41. The molecule has 1 saturated carbocycles. The SMILES string of the molecule is CC1(CNC2CCN(C(N)=O)CC2)CCC1. The number of rotatable bonds is 3. The lowest BCUT2D eigenvalue weighted by Crippen LogP contribution is -2.49. The highest BCUT2D eigenvalue weighted by molar-refractivity contribution is 5.72. The molecule has 1 aliphatic carbocycles. The molecule has 0 radical (unpaired) electrons. The van der Waals surface area contributed by atoms with Crippen LogP contribution < -0.4 is 11.1 Å². The molecule has 2 fully saturated rings. The second-order valence-corrected chi connectivity index (χ2v) is 5.64. The molecule has 0 aromatic rings. The molecule has 2 amide bonds. The molecule has 1 aliphatic heterocycles. The van der Waals surface area contributed by atoms with Crippen LogP contribution in [0.4, 0.5) is 4.79 Å². The fourth-order valence-electron chi connectivity index (χ4n) is 2.65. The smallest absolute Gasteiger partial charge is 0.314 e. The largest absolute Gasteiger partial charge is 0.351 e. The normalized spacial score (nSPS) is 25.2. The van der Waals surface area contributed by atoms with Gasteiger partial charge in [0.15, 0.2) is 0 Å². The van der Waals surface area contributed by atoms with Crippen LogP contribution in [0, 0.1) is 5.41 Å². The maximum atomic E-state index is 11.0. The molecule has 0 unspecified atom stereocenters. The van der Waals surface area contributed by atoms with E-state index in [4.69, 9.17) is 5.73 Å². The number of nitrogens with two attached hydrogens (primary N) is 1. The van der Waals surface area contributed by atoms with Crippen molar-refractivity contribution in [2.24, 2.45) is 11.1 Å². The summed E-state index contributed by atoms with van der Waals surface area (Å²) >= 11 is 0. The molecule has 4 heteroatoms. The molecule has 1 saturated heterocycles. The molecule has 1 heterocycles. The molecule has 92 valence electrons. The third kappa shape index (κ3) is 2.67. The molecule has 0 spiro atoms. The lowest BCUT2D eigenvalue weighted by molar-refractivity contribution is 0.137. The topological polar surface area (TPSA) is 58.4 Å². The van der Waals surface area contributed by atoms with Gasteiger partial charge in [-0.3, -0.25) is 0 Å². The number of carbonyl (C=O) groups excluding carboxylic acids is 1. The van der Waals surface area contributed by atoms with E-state index in [-0.39, 0.29) is 6.03 Å². The standard InChI is InChI=1S/C12H23N3O/c1-12(5-2-6-12)9-14-10-3-7-15(8-4-10)11(13)16/h10,14H,2-9H2,1H3,(H2,13,16). The highest BCUT2D eigenvalue weighted by atomic mass is 16.2. The molecular weight excluding hydrogens is 202 g/mol. The average Bonchev–Trinajstić information content (AvgIpc) is 2.24. The molecule has 3 N–H and O–H groups in total. The number of carbonyl (C=O) groups is 1. The molecule has 2 aliphatic rings. The number of nitrogens with zero attached hydrogens (tertiary/aromatic N) is 1. The molecule has 4 nitrogen and oxygen atoms in total. The number of hydrogen-bond donors (Lipinski definition) is 2. The summed E-state index contributed by atoms with van der Waals surface area (Å²) in [5.41, 5.74) is 5.80. The van der Waals surface area contributed by atoms with Gasteiger partial charge in [-0.1, -0.05) is 13.3 Å². The summed E-state index contributed by atoms with van der Waals surface area (Å²) < 4.78 is 0. The van der Waals surface area contributed by atoms with Crippen LogP contribution in [-0.4, -0.2) is 36.6 Å². The maximum Gasteiger partial charge on any atom is 0.314 e. The number of urea groups is 1. The van der Waals surface area contributed by atoms with Crippen molar-refractivity contribution in [3.63, 3.8) is 0 Å². The van der Waals surface area contributed by atoms with Crippen LogP contribution in [0.25, 0.3) is 0 Å². The molecule has 2 rings (SSSR count). The zero-order valence-electron chi connectivity index (χ0n) is 10.2. The summed E-state index contributed by atoms with van der Waals surface area (Å²) in [6.07, 6.45) is 6.19. The summed E-state index contributed by atoms with van der Waals surface area (Å²) in [4.78, 5) is 12.7. The summed E-state index contributed by atoms with van der Waals surface area (Å²) in [7, 11) is 0. The molecule has 0 bridgehead atoms. The van der Waals surface area contributed by atoms with Crippen LogP contribution in [0.15, 0.2) is 0 Å². The monoisotopic (exact) mass is 225 g/mol. The van der Waals surface area contributed by atoms with E-state index in [1.807, 2.05) is 0 Å². The van der Waals surface area contributed by atoms with Crippen molar-refractivity contribution in [1.82, 2.24) is 10.2 Å². The van der Waals surface area contributed by atoms with Crippen molar-refractivity contribution < 1.29 is 4.79 Å². The first-order valence-corrected chi connectivity index (χ1v) is 6.37. The van der Waals surface area contributed by atoms with Gasteiger partial charge in [0, 0.05) is 25.7 Å². The van der Waals surface area contributed by atoms with Crippen LogP contribution in [-0.2, 0) is 0 Å². The quantitative estimate of drug-likeness (QED) is 0.761. The maximum absolute atomic E-state index is 11.0. The first-order chi connectivity index (χ1) is 7.59. The number of piperidine rings is 1. The average molecular weight is 225 g/mol. The Bertz CT molecular complexity index is 255. The van der Waals surface area contributed by atoms with Crippen LogP contribution in [0.1, 0.15) is 39.0 Å². The fourth-order valence-corrected chi connectivity index (χ4v) is 2.65. The van der Waals surface area contributed by atoms with Crippen LogP contribution in [0.5, 0.6) is 0 Å². The molecule has 0 aromatic carbocycles. The summed E-state index contributed by atoms with van der Waals surface area (Å²) in [6.45, 7) is 5.11. The Hall–Kier alpha value is -0.770. The van der Waals surface area contributed by atoms with Gasteiger partial charge in [-0.15, -0.1) is 0 Å². The van der Waals surface area contributed by atoms with Gasteiger partial charge >= 0.3 is 6.03 Å². The first-order valence-electron chi connectivity index (χ1n) is 6.37. The molecule has 0 atom stereocenters. The van der Waals surface area contributed by atoms with E-state index in [2.05, 4.69) is 12.2 Å². The van der Waals surface area contributed by atoms with Crippen molar-refractivity contribution in [2.75, 3.05) is 19.6 Å². The number of primary amides is 1. The van der Waals surface area contributed by atoms with Crippen molar-refractivity contribution in [3.8, 4) is 0 Å². The molecule has 16 heavy (non-hydrogen) atoms. The summed E-state index contributed by atoms with van der Waals surface area (Å²) in [5, 5.41) is 3.64. The molecular formula is C12H23N3O. The van der Waals surface area contributed by atoms with Crippen molar-refractivity contribution in [3.05, 3.63) is 0 Å². The van der Waals surface area contributed by atoms with E-state index >= 15 is 0 Å². The van der Waals surface area contributed by atoms with Gasteiger partial charge < -0.3 is 16.0 Å². The Morgan fingerprint density at radius 2 is 2.06 bits per heavy atom. The van der Waals surface area contributed by atoms with E-state index < -0.39 is 0 Å². The predicted molar refractivity (Wildman–Crippen MR) is 64.1 cm³/mol. The molecule has 0 aromatic heterocycles. The van der Waals surface area contributed by atoms with Gasteiger partial charge in [-0.05, 0) is 31.1 Å². The summed E-state index contributed by atoms with van der Waals surface area (Å²) in [5.74, 6) is 0. The van der Waals surface area contributed by atoms with E-state index in [1.165, 1.54) is 19.3 Å². The van der Waals surface area contributed by atoms with Gasteiger partial charge in [-0.25, -0.2) is 4.79 Å². The third-order valence-corrected chi connectivity index (χ3v) is 4.18. The van der Waals surface area contributed by atoms with Gasteiger partial charge in [-0.2, -0.15) is 0 Å². The van der Waals surface area contributed by atoms with Crippen LogP contribution >= 0.6 is 0 Å². The first kappa shape index (κ1) is 11.7. The number of nitrogens with one attached hydrogen (secondary N) is 1. The second-order valence-electron chi connectivity index (χ2n) is 5.64. The highest BCUT2D eigenvalue weighted by Crippen LogP contribution is 2.39. The highest BCUT2D eigenvalue weighted by Gasteiger charge is 2.32. The third-order valence-electron chi connectivity index (χ3n) is 4.18. The minimum Gasteiger partial charge on any atom is -0.351 e. The predicted octanol–water partition coefficient (Wildman–Crippen LogP) is 1.31. The van der Waals surface area contributed by atoms with Crippen molar-refractivity contribution in [2.45, 2.75) is 45.1 Å².